The zero-order valence-corrected chi connectivity index (χ0v) is 11.0. The molecule has 0 aliphatic carbocycles. The van der Waals surface area contributed by atoms with Crippen molar-refractivity contribution in [3.63, 3.8) is 0 Å². The molecule has 2 aromatic rings. The number of nitrogens with two attached hydrogens (primary N) is 1. The lowest BCUT2D eigenvalue weighted by Crippen LogP contribution is -2.01. The van der Waals surface area contributed by atoms with Gasteiger partial charge in [0.25, 0.3) is 0 Å². The number of rotatable bonds is 2. The lowest BCUT2D eigenvalue weighted by atomic mass is 10.2. The lowest BCUT2D eigenvalue weighted by molar-refractivity contribution is 0.629. The first-order valence-electron chi connectivity index (χ1n) is 5.11. The van der Waals surface area contributed by atoms with Gasteiger partial charge in [-0.05, 0) is 30.7 Å². The van der Waals surface area contributed by atoms with Crippen molar-refractivity contribution in [2.75, 3.05) is 11.1 Å². The van der Waals surface area contributed by atoms with Gasteiger partial charge in [-0.2, -0.15) is 0 Å². The van der Waals surface area contributed by atoms with Gasteiger partial charge < -0.3 is 11.1 Å². The fourth-order valence-corrected chi connectivity index (χ4v) is 1.92. The second-order valence-electron chi connectivity index (χ2n) is 3.77. The fraction of sp³-hybridized carbons (Fsp3) is 0.0833. The summed E-state index contributed by atoms with van der Waals surface area (Å²) in [6.45, 7) is 1.87. The number of hydrogen-bond acceptors (Lipinski definition) is 3. The Kier molecular flexibility index (Phi) is 3.59. The summed E-state index contributed by atoms with van der Waals surface area (Å²) in [5.41, 5.74) is 7.81. The van der Waals surface area contributed by atoms with Crippen LogP contribution in [-0.4, -0.2) is 4.98 Å². The number of anilines is 3. The largest absolute Gasteiger partial charge is 0.396 e. The number of pyridine rings is 1. The quantitative estimate of drug-likeness (QED) is 0.815. The molecule has 0 amide bonds. The van der Waals surface area contributed by atoms with Gasteiger partial charge in [-0.1, -0.05) is 23.2 Å². The first-order chi connectivity index (χ1) is 8.49. The smallest absolute Gasteiger partial charge is 0.160 e. The third-order valence-corrected chi connectivity index (χ3v) is 3.00. The van der Waals surface area contributed by atoms with Crippen molar-refractivity contribution in [1.82, 2.24) is 4.98 Å². The van der Waals surface area contributed by atoms with Crippen molar-refractivity contribution in [1.29, 1.82) is 0 Å². The maximum absolute atomic E-state index is 13.3. The van der Waals surface area contributed by atoms with Crippen molar-refractivity contribution in [3.8, 4) is 0 Å². The lowest BCUT2D eigenvalue weighted by Gasteiger charge is -2.11. The van der Waals surface area contributed by atoms with Crippen LogP contribution < -0.4 is 11.1 Å². The highest BCUT2D eigenvalue weighted by Crippen LogP contribution is 2.30. The second kappa shape index (κ2) is 5.00. The minimum atomic E-state index is -0.644. The molecule has 0 saturated heterocycles. The van der Waals surface area contributed by atoms with Crippen LogP contribution in [0.4, 0.5) is 21.6 Å². The molecular weight excluding hydrogens is 276 g/mol. The number of aromatic nitrogens is 1. The molecule has 6 heteroatoms. The van der Waals surface area contributed by atoms with Crippen LogP contribution in [0, 0.1) is 12.7 Å². The topological polar surface area (TPSA) is 50.9 Å². The van der Waals surface area contributed by atoms with Gasteiger partial charge in [-0.25, -0.2) is 9.37 Å². The van der Waals surface area contributed by atoms with Gasteiger partial charge in [-0.15, -0.1) is 0 Å². The summed E-state index contributed by atoms with van der Waals surface area (Å²) in [6.07, 6.45) is 1.63. The molecular formula is C12H10Cl2FN3. The van der Waals surface area contributed by atoms with E-state index >= 15 is 0 Å². The van der Waals surface area contributed by atoms with Crippen LogP contribution >= 0.6 is 23.2 Å². The third kappa shape index (κ3) is 2.49. The van der Waals surface area contributed by atoms with Crippen molar-refractivity contribution in [3.05, 3.63) is 45.8 Å². The molecule has 1 aromatic heterocycles. The van der Waals surface area contributed by atoms with E-state index in [4.69, 9.17) is 28.9 Å². The molecule has 0 spiro atoms. The van der Waals surface area contributed by atoms with Crippen LogP contribution in [0.2, 0.25) is 10.0 Å². The van der Waals surface area contributed by atoms with E-state index in [1.165, 1.54) is 12.1 Å². The summed E-state index contributed by atoms with van der Waals surface area (Å²) < 4.78 is 13.3. The van der Waals surface area contributed by atoms with E-state index in [0.717, 1.165) is 5.56 Å². The molecule has 94 valence electrons. The molecule has 1 aromatic carbocycles. The summed E-state index contributed by atoms with van der Waals surface area (Å²) in [6, 6.07) is 4.64. The molecule has 0 bridgehead atoms. The van der Waals surface area contributed by atoms with Gasteiger partial charge in [0.05, 0.1) is 15.7 Å². The predicted molar refractivity (Wildman–Crippen MR) is 73.1 cm³/mol. The highest BCUT2D eigenvalue weighted by atomic mass is 35.5. The van der Waals surface area contributed by atoms with Crippen LogP contribution in [0.25, 0.3) is 0 Å². The van der Waals surface area contributed by atoms with Crippen molar-refractivity contribution in [2.24, 2.45) is 0 Å². The molecule has 0 aliphatic rings. The van der Waals surface area contributed by atoms with E-state index < -0.39 is 5.82 Å². The minimum Gasteiger partial charge on any atom is -0.396 e. The maximum Gasteiger partial charge on any atom is 0.160 e. The summed E-state index contributed by atoms with van der Waals surface area (Å²) in [4.78, 5) is 4.10. The highest BCUT2D eigenvalue weighted by Gasteiger charge is 2.09. The Labute approximate surface area is 114 Å². The van der Waals surface area contributed by atoms with E-state index in [2.05, 4.69) is 10.3 Å². The maximum atomic E-state index is 13.3. The highest BCUT2D eigenvalue weighted by molar-refractivity contribution is 6.35. The summed E-state index contributed by atoms with van der Waals surface area (Å²) in [5, 5.41) is 2.83. The van der Waals surface area contributed by atoms with Crippen LogP contribution in [0.1, 0.15) is 5.56 Å². The Balaban J connectivity index is 2.37. The number of halogens is 3. The monoisotopic (exact) mass is 285 g/mol. The van der Waals surface area contributed by atoms with E-state index in [9.17, 15) is 4.39 Å². The predicted octanol–water partition coefficient (Wildman–Crippen LogP) is 4.16. The minimum absolute atomic E-state index is 0.0591. The van der Waals surface area contributed by atoms with Gasteiger partial charge in [-0.3, -0.25) is 0 Å². The number of nitrogens with one attached hydrogen (secondary N) is 1. The van der Waals surface area contributed by atoms with Gasteiger partial charge in [0.15, 0.2) is 11.6 Å². The van der Waals surface area contributed by atoms with Crippen molar-refractivity contribution in [2.45, 2.75) is 6.92 Å². The molecule has 0 unspecified atom stereocenters. The van der Waals surface area contributed by atoms with Crippen LogP contribution in [0.5, 0.6) is 0 Å². The number of benzene rings is 1. The summed E-state index contributed by atoms with van der Waals surface area (Å²) >= 11 is 11.4. The SMILES string of the molecule is Cc1ccnc(Nc2cc(Cl)c(F)c(Cl)c2)c1N. The molecule has 18 heavy (non-hydrogen) atoms. The number of hydrogen-bond donors (Lipinski definition) is 2. The van der Waals surface area contributed by atoms with Gasteiger partial charge >= 0.3 is 0 Å². The molecule has 2 rings (SSSR count). The molecule has 3 N–H and O–H groups in total. The molecule has 1 heterocycles. The first kappa shape index (κ1) is 12.9. The Bertz CT molecular complexity index is 579. The second-order valence-corrected chi connectivity index (χ2v) is 4.58. The molecule has 0 fully saturated rings. The van der Waals surface area contributed by atoms with E-state index in [1.54, 1.807) is 12.3 Å². The molecule has 0 radical (unpaired) electrons. The Morgan fingerprint density at radius 1 is 1.28 bits per heavy atom. The standard InChI is InChI=1S/C12H10Cl2FN3/c1-6-2-3-17-12(11(6)16)18-7-4-8(13)10(15)9(14)5-7/h2-5H,16H2,1H3,(H,17,18). The van der Waals surface area contributed by atoms with E-state index in [-0.39, 0.29) is 10.0 Å². The number of aryl methyl sites for hydroxylation is 1. The van der Waals surface area contributed by atoms with E-state index in [1.807, 2.05) is 6.92 Å². The normalized spacial score (nSPS) is 10.4. The van der Waals surface area contributed by atoms with Crippen molar-refractivity contribution < 1.29 is 4.39 Å². The molecule has 0 saturated carbocycles. The molecule has 3 nitrogen and oxygen atoms in total. The summed E-state index contributed by atoms with van der Waals surface area (Å²) in [5.74, 6) is -0.164. The molecule has 0 atom stereocenters. The zero-order chi connectivity index (χ0) is 13.3. The average molecular weight is 286 g/mol. The van der Waals surface area contributed by atoms with Gasteiger partial charge in [0.1, 0.15) is 0 Å². The van der Waals surface area contributed by atoms with Crippen LogP contribution in [-0.2, 0) is 0 Å². The number of nitrogens with zero attached hydrogens (tertiary/aromatic N) is 1. The zero-order valence-electron chi connectivity index (χ0n) is 9.47. The van der Waals surface area contributed by atoms with Crippen molar-refractivity contribution >= 4 is 40.4 Å². The van der Waals surface area contributed by atoms with Crippen LogP contribution in [0.15, 0.2) is 24.4 Å². The van der Waals surface area contributed by atoms with Gasteiger partial charge in [0.2, 0.25) is 0 Å². The molecule has 0 aliphatic heterocycles. The number of nitrogen functional groups attached to an aromatic ring is 1. The van der Waals surface area contributed by atoms with Gasteiger partial charge in [0, 0.05) is 11.9 Å². The fourth-order valence-electron chi connectivity index (χ4n) is 1.43. The first-order valence-corrected chi connectivity index (χ1v) is 5.87. The Morgan fingerprint density at radius 3 is 2.50 bits per heavy atom. The van der Waals surface area contributed by atoms with E-state index in [0.29, 0.717) is 17.2 Å². The Morgan fingerprint density at radius 2 is 1.89 bits per heavy atom. The average Bonchev–Trinajstić information content (AvgIpc) is 2.32. The Hall–Kier alpha value is -1.52. The summed E-state index contributed by atoms with van der Waals surface area (Å²) in [7, 11) is 0. The third-order valence-electron chi connectivity index (χ3n) is 2.45. The van der Waals surface area contributed by atoms with Crippen LogP contribution in [0.3, 0.4) is 0 Å².